The number of fused-ring (bicyclic) bond motifs is 1. The van der Waals surface area contributed by atoms with Crippen LogP contribution in [0.1, 0.15) is 42.5 Å². The highest BCUT2D eigenvalue weighted by Crippen LogP contribution is 2.32. The summed E-state index contributed by atoms with van der Waals surface area (Å²) in [4.78, 5) is 38.9. The topological polar surface area (TPSA) is 128 Å². The van der Waals surface area contributed by atoms with Crippen LogP contribution in [0, 0.1) is 11.6 Å². The molecular formula is C25H25F2N7O3. The minimum atomic E-state index is -0.943. The Morgan fingerprint density at radius 1 is 1.16 bits per heavy atom. The van der Waals surface area contributed by atoms with Gasteiger partial charge in [-0.2, -0.15) is 5.10 Å². The number of amides is 4. The van der Waals surface area contributed by atoms with E-state index in [1.165, 1.54) is 5.01 Å². The third-order valence-electron chi connectivity index (χ3n) is 6.68. The highest BCUT2D eigenvalue weighted by Gasteiger charge is 2.33. The molecule has 4 amide bonds. The lowest BCUT2D eigenvalue weighted by molar-refractivity contribution is -0.118. The maximum absolute atomic E-state index is 14.4. The second-order valence-electron chi connectivity index (χ2n) is 9.05. The summed E-state index contributed by atoms with van der Waals surface area (Å²) in [7, 11) is 0. The van der Waals surface area contributed by atoms with E-state index in [4.69, 9.17) is 5.73 Å². The number of carbonyl (C=O) groups excluding carboxylic acids is 3. The van der Waals surface area contributed by atoms with Gasteiger partial charge in [-0.1, -0.05) is 12.1 Å². The molecule has 2 aliphatic rings. The van der Waals surface area contributed by atoms with Gasteiger partial charge in [0.15, 0.2) is 11.6 Å². The van der Waals surface area contributed by atoms with Crippen molar-refractivity contribution in [2.45, 2.75) is 38.8 Å². The first-order valence-electron chi connectivity index (χ1n) is 11.8. The number of halogens is 2. The maximum Gasteiger partial charge on any atom is 0.334 e. The Hall–Kier alpha value is -4.32. The van der Waals surface area contributed by atoms with Crippen LogP contribution in [-0.2, 0) is 22.7 Å². The first-order chi connectivity index (χ1) is 17.7. The number of benzene rings is 2. The van der Waals surface area contributed by atoms with E-state index in [2.05, 4.69) is 15.5 Å². The van der Waals surface area contributed by atoms with Crippen molar-refractivity contribution in [3.63, 3.8) is 0 Å². The van der Waals surface area contributed by atoms with Crippen LogP contribution in [0.5, 0.6) is 0 Å². The van der Waals surface area contributed by atoms with Crippen LogP contribution in [-0.4, -0.2) is 39.6 Å². The Morgan fingerprint density at radius 3 is 2.57 bits per heavy atom. The standard InChI is InChI=1S/C25H25F2N7O3/c1-14(15-4-7-17(8-5-15)33-10-2-3-22(33)35)24(36)29-23-18-12-32(13-20(18)30-31-23)34(25(28)37)21-9-6-16(26)11-19(21)27/h4-9,11,14H,2-3,10,12-13H2,1H3,(H2,28,37)(H2,29,30,31,36). The summed E-state index contributed by atoms with van der Waals surface area (Å²) in [5.74, 6) is -2.14. The molecule has 0 saturated carbocycles. The van der Waals surface area contributed by atoms with Gasteiger partial charge in [0.2, 0.25) is 11.8 Å². The maximum atomic E-state index is 14.4. The predicted molar refractivity (Wildman–Crippen MR) is 131 cm³/mol. The van der Waals surface area contributed by atoms with E-state index in [9.17, 15) is 23.2 Å². The second-order valence-corrected chi connectivity index (χ2v) is 9.05. The fourth-order valence-corrected chi connectivity index (χ4v) is 4.67. The minimum Gasteiger partial charge on any atom is -0.350 e. The lowest BCUT2D eigenvalue weighted by atomic mass is 10.00. The van der Waals surface area contributed by atoms with Crippen LogP contribution in [0.4, 0.5) is 30.8 Å². The van der Waals surface area contributed by atoms with E-state index in [1.54, 1.807) is 11.8 Å². The Kier molecular flexibility index (Phi) is 6.34. The predicted octanol–water partition coefficient (Wildman–Crippen LogP) is 3.37. The molecule has 192 valence electrons. The average Bonchev–Trinajstić information content (AvgIpc) is 3.57. The van der Waals surface area contributed by atoms with Gasteiger partial charge in [0.05, 0.1) is 23.8 Å². The molecule has 1 atom stereocenters. The highest BCUT2D eigenvalue weighted by atomic mass is 19.1. The number of aromatic nitrogens is 2. The number of aromatic amines is 1. The third-order valence-corrected chi connectivity index (χ3v) is 6.68. The van der Waals surface area contributed by atoms with Crippen molar-refractivity contribution in [1.29, 1.82) is 0 Å². The molecule has 1 aromatic heterocycles. The SMILES string of the molecule is CC(C(=O)Nc1n[nH]c2c1CN(N(C(N)=O)c1ccc(F)cc1F)C2)c1ccc(N2CCCC2=O)cc1. The summed E-state index contributed by atoms with van der Waals surface area (Å²) in [5, 5.41) is 12.2. The lowest BCUT2D eigenvalue weighted by Gasteiger charge is -2.30. The zero-order chi connectivity index (χ0) is 26.3. The molecule has 12 heteroatoms. The van der Waals surface area contributed by atoms with Crippen LogP contribution in [0.3, 0.4) is 0 Å². The molecule has 2 aliphatic heterocycles. The Balaban J connectivity index is 1.28. The van der Waals surface area contributed by atoms with Crippen molar-refractivity contribution in [2.24, 2.45) is 5.73 Å². The summed E-state index contributed by atoms with van der Waals surface area (Å²) < 4.78 is 27.8. The molecule has 1 unspecified atom stereocenters. The molecule has 1 saturated heterocycles. The molecule has 0 aliphatic carbocycles. The van der Waals surface area contributed by atoms with Gasteiger partial charge < -0.3 is 16.0 Å². The van der Waals surface area contributed by atoms with Crippen molar-refractivity contribution >= 4 is 35.0 Å². The van der Waals surface area contributed by atoms with Gasteiger partial charge in [0, 0.05) is 36.8 Å². The molecule has 10 nitrogen and oxygen atoms in total. The average molecular weight is 510 g/mol. The molecule has 37 heavy (non-hydrogen) atoms. The molecule has 0 bridgehead atoms. The number of nitrogens with two attached hydrogens (primary N) is 1. The van der Waals surface area contributed by atoms with Gasteiger partial charge in [-0.25, -0.2) is 23.6 Å². The number of anilines is 3. The number of hydrazine groups is 1. The summed E-state index contributed by atoms with van der Waals surface area (Å²) in [6, 6.07) is 9.21. The number of primary amides is 1. The third kappa shape index (κ3) is 4.62. The number of hydrogen-bond donors (Lipinski definition) is 3. The molecular weight excluding hydrogens is 484 g/mol. The molecule has 0 radical (unpaired) electrons. The number of nitrogens with zero attached hydrogens (tertiary/aromatic N) is 4. The molecule has 0 spiro atoms. The number of hydrogen-bond acceptors (Lipinski definition) is 5. The van der Waals surface area contributed by atoms with E-state index < -0.39 is 23.6 Å². The van der Waals surface area contributed by atoms with E-state index in [0.29, 0.717) is 30.3 Å². The van der Waals surface area contributed by atoms with Crippen LogP contribution in [0.25, 0.3) is 0 Å². The van der Waals surface area contributed by atoms with Crippen LogP contribution in [0.2, 0.25) is 0 Å². The first-order valence-corrected chi connectivity index (χ1v) is 11.8. The molecule has 5 rings (SSSR count). The van der Waals surface area contributed by atoms with Crippen LogP contribution < -0.4 is 21.0 Å². The highest BCUT2D eigenvalue weighted by molar-refractivity contribution is 5.97. The first kappa shape index (κ1) is 24.4. The van der Waals surface area contributed by atoms with Gasteiger partial charge in [-0.15, -0.1) is 0 Å². The summed E-state index contributed by atoms with van der Waals surface area (Å²) in [5.41, 5.74) is 8.14. The van der Waals surface area contributed by atoms with Gasteiger partial charge in [0.25, 0.3) is 0 Å². The van der Waals surface area contributed by atoms with Crippen molar-refractivity contribution in [3.8, 4) is 0 Å². The van der Waals surface area contributed by atoms with E-state index in [-0.39, 0.29) is 36.4 Å². The van der Waals surface area contributed by atoms with Gasteiger partial charge >= 0.3 is 6.03 Å². The van der Waals surface area contributed by atoms with Crippen LogP contribution >= 0.6 is 0 Å². The van der Waals surface area contributed by atoms with Crippen molar-refractivity contribution in [2.75, 3.05) is 21.8 Å². The number of rotatable bonds is 6. The molecule has 3 heterocycles. The summed E-state index contributed by atoms with van der Waals surface area (Å²) in [6.07, 6.45) is 1.38. The van der Waals surface area contributed by atoms with Gasteiger partial charge in [-0.3, -0.25) is 14.7 Å². The van der Waals surface area contributed by atoms with Gasteiger partial charge in [-0.05, 0) is 43.2 Å². The fourth-order valence-electron chi connectivity index (χ4n) is 4.67. The molecule has 2 aromatic carbocycles. The molecule has 3 aromatic rings. The molecule has 4 N–H and O–H groups in total. The number of H-pyrrole nitrogens is 1. The lowest BCUT2D eigenvalue weighted by Crippen LogP contribution is -2.47. The summed E-state index contributed by atoms with van der Waals surface area (Å²) in [6.45, 7) is 2.70. The summed E-state index contributed by atoms with van der Waals surface area (Å²) >= 11 is 0. The van der Waals surface area contributed by atoms with Crippen molar-refractivity contribution in [1.82, 2.24) is 15.2 Å². The monoisotopic (exact) mass is 509 g/mol. The smallest absolute Gasteiger partial charge is 0.334 e. The molecule has 1 fully saturated rings. The largest absolute Gasteiger partial charge is 0.350 e. The zero-order valence-electron chi connectivity index (χ0n) is 20.0. The van der Waals surface area contributed by atoms with Crippen LogP contribution in [0.15, 0.2) is 42.5 Å². The van der Waals surface area contributed by atoms with E-state index in [0.717, 1.165) is 34.8 Å². The van der Waals surface area contributed by atoms with E-state index in [1.807, 2.05) is 24.3 Å². The number of nitrogens with one attached hydrogen (secondary N) is 2. The van der Waals surface area contributed by atoms with Gasteiger partial charge in [0.1, 0.15) is 5.82 Å². The van der Waals surface area contributed by atoms with Crippen molar-refractivity contribution < 1.29 is 23.2 Å². The number of carbonyl (C=O) groups is 3. The van der Waals surface area contributed by atoms with Crippen molar-refractivity contribution in [3.05, 3.63) is 70.9 Å². The minimum absolute atomic E-state index is 0.0945. The Bertz CT molecular complexity index is 1380. The van der Waals surface area contributed by atoms with E-state index >= 15 is 0 Å². The quantitative estimate of drug-likeness (QED) is 0.470. The second kappa shape index (κ2) is 9.62. The Morgan fingerprint density at radius 2 is 1.92 bits per heavy atom. The zero-order valence-corrected chi connectivity index (χ0v) is 20.0. The fraction of sp³-hybridized carbons (Fsp3) is 0.280. The number of urea groups is 1. The Labute approximate surface area is 211 Å². The normalized spacial score (nSPS) is 16.1.